The molecule has 0 amide bonds. The van der Waals surface area contributed by atoms with E-state index in [1.54, 1.807) is 13.3 Å². The van der Waals surface area contributed by atoms with Gasteiger partial charge in [-0.25, -0.2) is 4.98 Å². The number of hydrogen-bond donors (Lipinski definition) is 0. The van der Waals surface area contributed by atoms with Crippen LogP contribution in [-0.4, -0.2) is 29.1 Å². The van der Waals surface area contributed by atoms with Crippen molar-refractivity contribution in [3.05, 3.63) is 36.7 Å². The van der Waals surface area contributed by atoms with Gasteiger partial charge in [-0.05, 0) is 12.1 Å². The molecule has 2 aromatic rings. The summed E-state index contributed by atoms with van der Waals surface area (Å²) in [5.41, 5.74) is 0.961. The van der Waals surface area contributed by atoms with Gasteiger partial charge in [-0.1, -0.05) is 17.8 Å². The Bertz CT molecular complexity index is 487. The van der Waals surface area contributed by atoms with Crippen molar-refractivity contribution in [2.75, 3.05) is 19.5 Å². The van der Waals surface area contributed by atoms with Crippen LogP contribution in [0.15, 0.2) is 41.8 Å². The minimum Gasteiger partial charge on any atom is -0.497 e. The maximum atomic E-state index is 12.2. The van der Waals surface area contributed by atoms with Crippen molar-refractivity contribution in [1.82, 2.24) is 9.55 Å². The molecule has 0 fully saturated rings. The summed E-state index contributed by atoms with van der Waals surface area (Å²) in [6.45, 7) is -0.352. The summed E-state index contributed by atoms with van der Waals surface area (Å²) in [5, 5.41) is 0.788. The fraction of sp³-hybridized carbons (Fsp3) is 0.250. The SMILES string of the molecule is COc1cccc(-n2ccnc2SCCF)c1. The van der Waals surface area contributed by atoms with Gasteiger partial charge in [-0.2, -0.15) is 0 Å². The lowest BCUT2D eigenvalue weighted by Crippen LogP contribution is -1.96. The number of benzene rings is 1. The Morgan fingerprint density at radius 3 is 3.12 bits per heavy atom. The first-order chi connectivity index (χ1) is 8.35. The molecule has 1 aromatic carbocycles. The third kappa shape index (κ3) is 2.79. The van der Waals surface area contributed by atoms with Gasteiger partial charge in [0, 0.05) is 24.2 Å². The van der Waals surface area contributed by atoms with Gasteiger partial charge >= 0.3 is 0 Å². The Balaban J connectivity index is 2.28. The van der Waals surface area contributed by atoms with Crippen LogP contribution in [0.4, 0.5) is 4.39 Å². The van der Waals surface area contributed by atoms with E-state index in [-0.39, 0.29) is 6.67 Å². The molecule has 0 saturated carbocycles. The van der Waals surface area contributed by atoms with E-state index in [0.717, 1.165) is 16.6 Å². The summed E-state index contributed by atoms with van der Waals surface area (Å²) in [6.07, 6.45) is 3.56. The predicted molar refractivity (Wildman–Crippen MR) is 66.8 cm³/mol. The molecule has 0 aliphatic heterocycles. The van der Waals surface area contributed by atoms with E-state index in [2.05, 4.69) is 4.98 Å². The molecule has 1 heterocycles. The van der Waals surface area contributed by atoms with E-state index in [1.807, 2.05) is 35.0 Å². The first-order valence-electron chi connectivity index (χ1n) is 5.21. The molecular weight excluding hydrogens is 239 g/mol. The van der Waals surface area contributed by atoms with Crippen LogP contribution in [-0.2, 0) is 0 Å². The van der Waals surface area contributed by atoms with Crippen molar-refractivity contribution in [1.29, 1.82) is 0 Å². The number of imidazole rings is 1. The zero-order valence-corrected chi connectivity index (χ0v) is 10.3. The van der Waals surface area contributed by atoms with Crippen molar-refractivity contribution >= 4 is 11.8 Å². The van der Waals surface area contributed by atoms with Gasteiger partial charge < -0.3 is 4.74 Å². The molecule has 5 heteroatoms. The van der Waals surface area contributed by atoms with Gasteiger partial charge in [0.05, 0.1) is 19.5 Å². The van der Waals surface area contributed by atoms with Gasteiger partial charge in [-0.3, -0.25) is 8.96 Å². The molecule has 1 aromatic heterocycles. The largest absolute Gasteiger partial charge is 0.497 e. The zero-order chi connectivity index (χ0) is 12.1. The molecule has 0 radical (unpaired) electrons. The van der Waals surface area contributed by atoms with Gasteiger partial charge in [0.2, 0.25) is 0 Å². The van der Waals surface area contributed by atoms with Crippen LogP contribution in [0.3, 0.4) is 0 Å². The Morgan fingerprint density at radius 2 is 2.35 bits per heavy atom. The van der Waals surface area contributed by atoms with Crippen molar-refractivity contribution in [2.24, 2.45) is 0 Å². The first kappa shape index (κ1) is 12.0. The number of nitrogens with zero attached hydrogens (tertiary/aromatic N) is 2. The highest BCUT2D eigenvalue weighted by Gasteiger charge is 2.06. The summed E-state index contributed by atoms with van der Waals surface area (Å²) >= 11 is 1.40. The standard InChI is InChI=1S/C12H13FN2OS/c1-16-11-4-2-3-10(9-11)15-7-6-14-12(15)17-8-5-13/h2-4,6-7,9H,5,8H2,1H3. The molecular formula is C12H13FN2OS. The number of ether oxygens (including phenoxy) is 1. The van der Waals surface area contributed by atoms with Gasteiger partial charge in [0.1, 0.15) is 5.75 Å². The molecule has 90 valence electrons. The highest BCUT2D eigenvalue weighted by Crippen LogP contribution is 2.22. The molecule has 0 atom stereocenters. The second kappa shape index (κ2) is 5.72. The van der Waals surface area contributed by atoms with Crippen LogP contribution >= 0.6 is 11.8 Å². The molecule has 0 spiro atoms. The minimum atomic E-state index is -0.352. The van der Waals surface area contributed by atoms with E-state index in [1.165, 1.54) is 11.8 Å². The summed E-state index contributed by atoms with van der Waals surface area (Å²) in [5.74, 6) is 1.21. The van der Waals surface area contributed by atoms with Crippen LogP contribution in [0.1, 0.15) is 0 Å². The van der Waals surface area contributed by atoms with Crippen LogP contribution in [0.25, 0.3) is 5.69 Å². The maximum absolute atomic E-state index is 12.2. The molecule has 0 aliphatic rings. The van der Waals surface area contributed by atoms with Crippen LogP contribution in [0.2, 0.25) is 0 Å². The van der Waals surface area contributed by atoms with E-state index in [9.17, 15) is 4.39 Å². The van der Waals surface area contributed by atoms with E-state index in [4.69, 9.17) is 4.74 Å². The smallest absolute Gasteiger partial charge is 0.172 e. The molecule has 2 rings (SSSR count). The van der Waals surface area contributed by atoms with Crippen molar-refractivity contribution in [3.8, 4) is 11.4 Å². The Morgan fingerprint density at radius 1 is 1.47 bits per heavy atom. The normalized spacial score (nSPS) is 10.5. The van der Waals surface area contributed by atoms with Gasteiger partial charge in [0.25, 0.3) is 0 Å². The second-order valence-corrected chi connectivity index (χ2v) is 4.38. The average Bonchev–Trinajstić information content (AvgIpc) is 2.84. The minimum absolute atomic E-state index is 0.352. The van der Waals surface area contributed by atoms with E-state index in [0.29, 0.717) is 5.75 Å². The molecule has 0 N–H and O–H groups in total. The number of hydrogen-bond acceptors (Lipinski definition) is 3. The summed E-state index contributed by atoms with van der Waals surface area (Å²) in [7, 11) is 1.63. The van der Waals surface area contributed by atoms with E-state index >= 15 is 0 Å². The molecule has 17 heavy (non-hydrogen) atoms. The highest BCUT2D eigenvalue weighted by molar-refractivity contribution is 7.99. The highest BCUT2D eigenvalue weighted by atomic mass is 32.2. The fourth-order valence-electron chi connectivity index (χ4n) is 1.48. The topological polar surface area (TPSA) is 27.1 Å². The van der Waals surface area contributed by atoms with Crippen molar-refractivity contribution in [3.63, 3.8) is 0 Å². The molecule has 0 saturated heterocycles. The molecule has 3 nitrogen and oxygen atoms in total. The van der Waals surface area contributed by atoms with Crippen LogP contribution in [0.5, 0.6) is 5.75 Å². The number of aromatic nitrogens is 2. The summed E-state index contributed by atoms with van der Waals surface area (Å²) in [4.78, 5) is 4.20. The number of halogens is 1. The number of alkyl halides is 1. The number of thioether (sulfide) groups is 1. The van der Waals surface area contributed by atoms with Gasteiger partial charge in [-0.15, -0.1) is 0 Å². The third-order valence-corrected chi connectivity index (χ3v) is 3.17. The molecule has 0 aliphatic carbocycles. The Kier molecular flexibility index (Phi) is 4.03. The molecule has 0 unspecified atom stereocenters. The zero-order valence-electron chi connectivity index (χ0n) is 9.47. The maximum Gasteiger partial charge on any atom is 0.172 e. The lowest BCUT2D eigenvalue weighted by atomic mass is 10.3. The lowest BCUT2D eigenvalue weighted by Gasteiger charge is -2.08. The van der Waals surface area contributed by atoms with Crippen molar-refractivity contribution in [2.45, 2.75) is 5.16 Å². The number of rotatable bonds is 5. The Hall–Kier alpha value is -1.49. The quantitative estimate of drug-likeness (QED) is 0.766. The summed E-state index contributed by atoms with van der Waals surface area (Å²) < 4.78 is 19.3. The lowest BCUT2D eigenvalue weighted by molar-refractivity contribution is 0.414. The van der Waals surface area contributed by atoms with Crippen LogP contribution in [0, 0.1) is 0 Å². The predicted octanol–water partition coefficient (Wildman–Crippen LogP) is 2.94. The van der Waals surface area contributed by atoms with Gasteiger partial charge in [0.15, 0.2) is 5.16 Å². The third-order valence-electron chi connectivity index (χ3n) is 2.25. The average molecular weight is 252 g/mol. The van der Waals surface area contributed by atoms with Crippen molar-refractivity contribution < 1.29 is 9.13 Å². The number of methoxy groups -OCH3 is 1. The van der Waals surface area contributed by atoms with E-state index < -0.39 is 0 Å². The fourth-order valence-corrected chi connectivity index (χ4v) is 2.18. The Labute approximate surface area is 104 Å². The monoisotopic (exact) mass is 252 g/mol. The second-order valence-electron chi connectivity index (χ2n) is 3.32. The first-order valence-corrected chi connectivity index (χ1v) is 6.20. The summed E-state index contributed by atoms with van der Waals surface area (Å²) in [6, 6.07) is 7.68. The molecule has 0 bridgehead atoms. The van der Waals surface area contributed by atoms with Crippen LogP contribution < -0.4 is 4.74 Å².